The highest BCUT2D eigenvalue weighted by Crippen LogP contribution is 2.35. The Kier molecular flexibility index (Phi) is 3.39. The predicted octanol–water partition coefficient (Wildman–Crippen LogP) is 0.858. The van der Waals surface area contributed by atoms with Crippen molar-refractivity contribution in [2.75, 3.05) is 13.7 Å². The first kappa shape index (κ1) is 13.3. The lowest BCUT2D eigenvalue weighted by Gasteiger charge is -2.14. The zero-order valence-corrected chi connectivity index (χ0v) is 10.4. The number of nitro benzene ring substituents is 1. The quantitative estimate of drug-likeness (QED) is 0.608. The summed E-state index contributed by atoms with van der Waals surface area (Å²) in [5, 5.41) is 22.6. The number of carbonyl (C=O) groups is 1. The van der Waals surface area contributed by atoms with Crippen LogP contribution in [0.1, 0.15) is 23.2 Å². The van der Waals surface area contributed by atoms with Gasteiger partial charge < -0.3 is 15.2 Å². The molecule has 1 aromatic carbocycles. The second-order valence-corrected chi connectivity index (χ2v) is 4.54. The number of rotatable bonds is 5. The number of ether oxygens (including phenoxy) is 1. The summed E-state index contributed by atoms with van der Waals surface area (Å²) in [4.78, 5) is 22.1. The summed E-state index contributed by atoms with van der Waals surface area (Å²) >= 11 is 0. The van der Waals surface area contributed by atoms with Crippen molar-refractivity contribution in [2.24, 2.45) is 0 Å². The number of hydrogen-bond donors (Lipinski definition) is 2. The lowest BCUT2D eigenvalue weighted by atomic mass is 10.1. The van der Waals surface area contributed by atoms with Crippen molar-refractivity contribution in [3.63, 3.8) is 0 Å². The fourth-order valence-corrected chi connectivity index (χ4v) is 1.76. The van der Waals surface area contributed by atoms with Crippen LogP contribution in [0.3, 0.4) is 0 Å². The number of hydrogen-bond acceptors (Lipinski definition) is 5. The normalized spacial score (nSPS) is 15.7. The van der Waals surface area contributed by atoms with Gasteiger partial charge in [-0.15, -0.1) is 0 Å². The molecule has 0 bridgehead atoms. The molecule has 1 saturated carbocycles. The molecule has 102 valence electrons. The zero-order valence-electron chi connectivity index (χ0n) is 10.4. The van der Waals surface area contributed by atoms with E-state index in [2.05, 4.69) is 5.32 Å². The lowest BCUT2D eigenvalue weighted by molar-refractivity contribution is -0.385. The highest BCUT2D eigenvalue weighted by molar-refractivity contribution is 5.95. The number of methoxy groups -OCH3 is 1. The van der Waals surface area contributed by atoms with Crippen LogP contribution in [-0.2, 0) is 0 Å². The molecule has 7 nitrogen and oxygen atoms in total. The molecular weight excluding hydrogens is 252 g/mol. The van der Waals surface area contributed by atoms with Gasteiger partial charge in [0, 0.05) is 17.7 Å². The van der Waals surface area contributed by atoms with Crippen LogP contribution in [0, 0.1) is 10.1 Å². The SMILES string of the molecule is COc1cc(C(=O)NC2(CO)CC2)ccc1[N+](=O)[O-]. The third-order valence-electron chi connectivity index (χ3n) is 3.17. The number of benzene rings is 1. The fourth-order valence-electron chi connectivity index (χ4n) is 1.76. The fraction of sp³-hybridized carbons (Fsp3) is 0.417. The summed E-state index contributed by atoms with van der Waals surface area (Å²) in [5.74, 6) is -0.341. The molecule has 0 aromatic heterocycles. The number of amides is 1. The van der Waals surface area contributed by atoms with Gasteiger partial charge in [-0.05, 0) is 18.9 Å². The van der Waals surface area contributed by atoms with Gasteiger partial charge in [-0.3, -0.25) is 14.9 Å². The Morgan fingerprint density at radius 1 is 1.58 bits per heavy atom. The molecule has 1 aromatic rings. The second kappa shape index (κ2) is 4.85. The van der Waals surface area contributed by atoms with Gasteiger partial charge in [-0.2, -0.15) is 0 Å². The van der Waals surface area contributed by atoms with E-state index in [4.69, 9.17) is 9.84 Å². The van der Waals surface area contributed by atoms with Crippen molar-refractivity contribution in [3.05, 3.63) is 33.9 Å². The molecule has 0 atom stereocenters. The highest BCUT2D eigenvalue weighted by atomic mass is 16.6. The largest absolute Gasteiger partial charge is 0.490 e. The molecule has 0 saturated heterocycles. The van der Waals surface area contributed by atoms with Crippen LogP contribution in [0.25, 0.3) is 0 Å². The topological polar surface area (TPSA) is 102 Å². The number of aliphatic hydroxyl groups is 1. The van der Waals surface area contributed by atoms with Gasteiger partial charge in [0.05, 0.1) is 24.2 Å². The summed E-state index contributed by atoms with van der Waals surface area (Å²) in [6.07, 6.45) is 1.47. The number of nitrogens with zero attached hydrogens (tertiary/aromatic N) is 1. The molecule has 1 amide bonds. The molecule has 1 aliphatic rings. The maximum absolute atomic E-state index is 12.0. The Morgan fingerprint density at radius 3 is 2.74 bits per heavy atom. The van der Waals surface area contributed by atoms with Crippen molar-refractivity contribution in [3.8, 4) is 5.75 Å². The zero-order chi connectivity index (χ0) is 14.0. The minimum Gasteiger partial charge on any atom is -0.490 e. The van der Waals surface area contributed by atoms with Crippen LogP contribution >= 0.6 is 0 Å². The van der Waals surface area contributed by atoms with Crippen molar-refractivity contribution >= 4 is 11.6 Å². The van der Waals surface area contributed by atoms with Crippen LogP contribution in [0.2, 0.25) is 0 Å². The van der Waals surface area contributed by atoms with Crippen molar-refractivity contribution < 1.29 is 19.6 Å². The molecule has 1 aliphatic carbocycles. The summed E-state index contributed by atoms with van der Waals surface area (Å²) in [7, 11) is 1.31. The monoisotopic (exact) mass is 266 g/mol. The van der Waals surface area contributed by atoms with E-state index in [9.17, 15) is 14.9 Å². The minimum absolute atomic E-state index is 0.0338. The number of aliphatic hydroxyl groups excluding tert-OH is 1. The standard InChI is InChI=1S/C12H14N2O5/c1-19-10-6-8(2-3-9(10)14(17)18)11(16)13-12(7-15)4-5-12/h2-3,6,15H,4-5,7H2,1H3,(H,13,16). The molecule has 0 spiro atoms. The molecule has 7 heteroatoms. The van der Waals surface area contributed by atoms with Crippen LogP contribution in [0.4, 0.5) is 5.69 Å². The summed E-state index contributed by atoms with van der Waals surface area (Å²) < 4.78 is 4.90. The number of nitro groups is 1. The van der Waals surface area contributed by atoms with Crippen LogP contribution in [0.5, 0.6) is 5.75 Å². The minimum atomic E-state index is -0.573. The van der Waals surface area contributed by atoms with Gasteiger partial charge in [0.1, 0.15) is 0 Å². The van der Waals surface area contributed by atoms with E-state index in [0.29, 0.717) is 0 Å². The molecule has 0 radical (unpaired) electrons. The Balaban J connectivity index is 2.21. The van der Waals surface area contributed by atoms with E-state index in [-0.39, 0.29) is 29.5 Å². The van der Waals surface area contributed by atoms with E-state index in [1.54, 1.807) is 0 Å². The third-order valence-corrected chi connectivity index (χ3v) is 3.17. The molecule has 0 heterocycles. The summed E-state index contributed by atoms with van der Waals surface area (Å²) in [6.45, 7) is -0.108. The van der Waals surface area contributed by atoms with Crippen molar-refractivity contribution in [2.45, 2.75) is 18.4 Å². The second-order valence-electron chi connectivity index (χ2n) is 4.54. The van der Waals surface area contributed by atoms with Crippen LogP contribution in [-0.4, -0.2) is 35.2 Å². The van der Waals surface area contributed by atoms with E-state index in [0.717, 1.165) is 12.8 Å². The third kappa shape index (κ3) is 2.65. The highest BCUT2D eigenvalue weighted by Gasteiger charge is 2.43. The van der Waals surface area contributed by atoms with E-state index < -0.39 is 10.5 Å². The first-order chi connectivity index (χ1) is 9.01. The van der Waals surface area contributed by atoms with Crippen molar-refractivity contribution in [1.82, 2.24) is 5.32 Å². The van der Waals surface area contributed by atoms with E-state index in [1.807, 2.05) is 0 Å². The predicted molar refractivity (Wildman–Crippen MR) is 66.2 cm³/mol. The number of nitrogens with one attached hydrogen (secondary N) is 1. The molecule has 1 fully saturated rings. The first-order valence-electron chi connectivity index (χ1n) is 5.77. The maximum atomic E-state index is 12.0. The first-order valence-corrected chi connectivity index (χ1v) is 5.77. The number of carbonyl (C=O) groups excluding carboxylic acids is 1. The summed E-state index contributed by atoms with van der Waals surface area (Å²) in [5.41, 5.74) is -0.448. The Bertz CT molecular complexity index is 525. The van der Waals surface area contributed by atoms with Gasteiger partial charge in [-0.25, -0.2) is 0 Å². The van der Waals surface area contributed by atoms with Gasteiger partial charge in [0.25, 0.3) is 5.91 Å². The van der Waals surface area contributed by atoms with Crippen LogP contribution < -0.4 is 10.1 Å². The average molecular weight is 266 g/mol. The Hall–Kier alpha value is -2.15. The van der Waals surface area contributed by atoms with Crippen molar-refractivity contribution in [1.29, 1.82) is 0 Å². The van der Waals surface area contributed by atoms with E-state index >= 15 is 0 Å². The average Bonchev–Trinajstić information content (AvgIpc) is 3.18. The molecular formula is C12H14N2O5. The summed E-state index contributed by atoms with van der Waals surface area (Å²) in [6, 6.07) is 3.91. The van der Waals surface area contributed by atoms with Crippen LogP contribution in [0.15, 0.2) is 18.2 Å². The van der Waals surface area contributed by atoms with Gasteiger partial charge in [0.15, 0.2) is 5.75 Å². The molecule has 2 rings (SSSR count). The Morgan fingerprint density at radius 2 is 2.26 bits per heavy atom. The molecule has 19 heavy (non-hydrogen) atoms. The molecule has 0 aliphatic heterocycles. The van der Waals surface area contributed by atoms with Gasteiger partial charge >= 0.3 is 5.69 Å². The maximum Gasteiger partial charge on any atom is 0.310 e. The molecule has 0 unspecified atom stereocenters. The van der Waals surface area contributed by atoms with Gasteiger partial charge in [-0.1, -0.05) is 0 Å². The van der Waals surface area contributed by atoms with E-state index in [1.165, 1.54) is 25.3 Å². The Labute approximate surface area is 109 Å². The smallest absolute Gasteiger partial charge is 0.310 e. The van der Waals surface area contributed by atoms with Gasteiger partial charge in [0.2, 0.25) is 0 Å². The lowest BCUT2D eigenvalue weighted by Crippen LogP contribution is -2.39. The molecule has 2 N–H and O–H groups in total.